The van der Waals surface area contributed by atoms with E-state index in [2.05, 4.69) is 78.6 Å². The first-order valence-corrected chi connectivity index (χ1v) is 8.47. The van der Waals surface area contributed by atoms with Crippen molar-refractivity contribution in [3.05, 3.63) is 60.2 Å². The number of rotatable bonds is 2. The summed E-state index contributed by atoms with van der Waals surface area (Å²) in [6.45, 7) is 2.29. The highest BCUT2D eigenvalue weighted by Gasteiger charge is 2.17. The summed E-state index contributed by atoms with van der Waals surface area (Å²) >= 11 is 2.06. The zero-order valence-electron chi connectivity index (χ0n) is 11.9. The van der Waals surface area contributed by atoms with Crippen molar-refractivity contribution in [2.24, 2.45) is 0 Å². The molecule has 0 saturated carbocycles. The fraction of sp³-hybridized carbons (Fsp3) is 0.333. The van der Waals surface area contributed by atoms with E-state index in [1.54, 1.807) is 0 Å². The summed E-state index contributed by atoms with van der Waals surface area (Å²) in [4.78, 5) is 0. The third kappa shape index (κ3) is 3.25. The van der Waals surface area contributed by atoms with Crippen molar-refractivity contribution < 1.29 is 0 Å². The van der Waals surface area contributed by atoms with Gasteiger partial charge in [0.25, 0.3) is 0 Å². The molecule has 1 nitrogen and oxygen atoms in total. The zero-order chi connectivity index (χ0) is 13.8. The quantitative estimate of drug-likeness (QED) is 0.870. The molecule has 2 aromatic rings. The first kappa shape index (κ1) is 13.7. The maximum Gasteiger partial charge on any atom is 0.0413 e. The third-order valence-electron chi connectivity index (χ3n) is 3.89. The van der Waals surface area contributed by atoms with Gasteiger partial charge in [-0.05, 0) is 35.8 Å². The smallest absolute Gasteiger partial charge is 0.0413 e. The van der Waals surface area contributed by atoms with Crippen LogP contribution in [0.3, 0.4) is 0 Å². The molecule has 3 rings (SSSR count). The van der Waals surface area contributed by atoms with Gasteiger partial charge >= 0.3 is 0 Å². The van der Waals surface area contributed by atoms with Gasteiger partial charge in [0.2, 0.25) is 0 Å². The van der Waals surface area contributed by atoms with E-state index in [1.807, 2.05) is 0 Å². The third-order valence-corrected chi connectivity index (χ3v) is 4.98. The molecular weight excluding hydrogens is 262 g/mol. The Balaban J connectivity index is 1.79. The number of thioether (sulfide) groups is 1. The standard InChI is InChI=1S/C18H21NS/c1-14-11-12-20-13-18(19-14)17-9-7-16(8-10-17)15-5-3-2-4-6-15/h2-10,14,18-19H,11-13H2,1H3. The highest BCUT2D eigenvalue weighted by molar-refractivity contribution is 7.99. The molecule has 0 aromatic heterocycles. The molecule has 0 spiro atoms. The van der Waals surface area contributed by atoms with E-state index in [4.69, 9.17) is 0 Å². The van der Waals surface area contributed by atoms with Crippen molar-refractivity contribution in [1.29, 1.82) is 0 Å². The first-order valence-electron chi connectivity index (χ1n) is 7.32. The molecule has 1 saturated heterocycles. The van der Waals surface area contributed by atoms with Crippen LogP contribution in [0.1, 0.15) is 24.9 Å². The average Bonchev–Trinajstić information content (AvgIpc) is 2.73. The van der Waals surface area contributed by atoms with E-state index >= 15 is 0 Å². The molecule has 2 aromatic carbocycles. The molecule has 0 bridgehead atoms. The van der Waals surface area contributed by atoms with Crippen LogP contribution in [-0.2, 0) is 0 Å². The van der Waals surface area contributed by atoms with E-state index in [1.165, 1.54) is 34.6 Å². The van der Waals surface area contributed by atoms with Crippen LogP contribution < -0.4 is 5.32 Å². The van der Waals surface area contributed by atoms with Crippen LogP contribution in [0.25, 0.3) is 11.1 Å². The van der Waals surface area contributed by atoms with Gasteiger partial charge in [0, 0.05) is 17.8 Å². The molecule has 1 aliphatic heterocycles. The predicted molar refractivity (Wildman–Crippen MR) is 89.2 cm³/mol. The maximum atomic E-state index is 3.73. The van der Waals surface area contributed by atoms with Gasteiger partial charge in [-0.25, -0.2) is 0 Å². The van der Waals surface area contributed by atoms with Crippen LogP contribution in [0.15, 0.2) is 54.6 Å². The molecule has 2 heteroatoms. The van der Waals surface area contributed by atoms with Crippen LogP contribution >= 0.6 is 11.8 Å². The van der Waals surface area contributed by atoms with E-state index in [9.17, 15) is 0 Å². The molecule has 20 heavy (non-hydrogen) atoms. The summed E-state index contributed by atoms with van der Waals surface area (Å²) < 4.78 is 0. The van der Waals surface area contributed by atoms with Gasteiger partial charge in [0.15, 0.2) is 0 Å². The van der Waals surface area contributed by atoms with Gasteiger partial charge in [-0.15, -0.1) is 0 Å². The second kappa shape index (κ2) is 6.47. The van der Waals surface area contributed by atoms with Gasteiger partial charge in [-0.3, -0.25) is 0 Å². The Morgan fingerprint density at radius 1 is 0.950 bits per heavy atom. The van der Waals surface area contributed by atoms with Crippen LogP contribution in [0, 0.1) is 0 Å². The van der Waals surface area contributed by atoms with Gasteiger partial charge in [0.1, 0.15) is 0 Å². The molecule has 1 heterocycles. The van der Waals surface area contributed by atoms with E-state index in [0.29, 0.717) is 12.1 Å². The Kier molecular flexibility index (Phi) is 4.44. The van der Waals surface area contributed by atoms with Gasteiger partial charge in [-0.1, -0.05) is 54.6 Å². The van der Waals surface area contributed by atoms with Crippen LogP contribution in [-0.4, -0.2) is 17.5 Å². The lowest BCUT2D eigenvalue weighted by molar-refractivity contribution is 0.485. The first-order chi connectivity index (χ1) is 9.83. The molecule has 2 unspecified atom stereocenters. The van der Waals surface area contributed by atoms with Crippen molar-refractivity contribution in [2.45, 2.75) is 25.4 Å². The summed E-state index contributed by atoms with van der Waals surface area (Å²) in [7, 11) is 0. The molecule has 1 aliphatic rings. The maximum absolute atomic E-state index is 3.73. The molecule has 1 fully saturated rings. The Hall–Kier alpha value is -1.25. The highest BCUT2D eigenvalue weighted by atomic mass is 32.2. The minimum atomic E-state index is 0.488. The largest absolute Gasteiger partial charge is 0.307 e. The number of hydrogen-bond acceptors (Lipinski definition) is 2. The van der Waals surface area contributed by atoms with Crippen LogP contribution in [0.2, 0.25) is 0 Å². The summed E-state index contributed by atoms with van der Waals surface area (Å²) in [6.07, 6.45) is 1.27. The summed E-state index contributed by atoms with van der Waals surface area (Å²) in [5.41, 5.74) is 3.99. The highest BCUT2D eigenvalue weighted by Crippen LogP contribution is 2.26. The lowest BCUT2D eigenvalue weighted by Gasteiger charge is -2.20. The SMILES string of the molecule is CC1CCSCC(c2ccc(-c3ccccc3)cc2)N1. The minimum absolute atomic E-state index is 0.488. The fourth-order valence-electron chi connectivity index (χ4n) is 2.67. The number of nitrogens with one attached hydrogen (secondary N) is 1. The monoisotopic (exact) mass is 283 g/mol. The molecule has 0 aliphatic carbocycles. The second-order valence-electron chi connectivity index (χ2n) is 5.47. The normalized spacial score (nSPS) is 23.2. The van der Waals surface area contributed by atoms with E-state index < -0.39 is 0 Å². The van der Waals surface area contributed by atoms with Crippen LogP contribution in [0.4, 0.5) is 0 Å². The molecule has 0 radical (unpaired) electrons. The van der Waals surface area contributed by atoms with E-state index in [-0.39, 0.29) is 0 Å². The van der Waals surface area contributed by atoms with Gasteiger partial charge < -0.3 is 5.32 Å². The lowest BCUT2D eigenvalue weighted by Crippen LogP contribution is -2.30. The van der Waals surface area contributed by atoms with E-state index in [0.717, 1.165) is 0 Å². The topological polar surface area (TPSA) is 12.0 Å². The summed E-state index contributed by atoms with van der Waals surface area (Å²) in [5.74, 6) is 2.45. The van der Waals surface area contributed by atoms with Crippen molar-refractivity contribution in [2.75, 3.05) is 11.5 Å². The molecule has 2 atom stereocenters. The Labute approximate surface area is 125 Å². The van der Waals surface area contributed by atoms with Crippen molar-refractivity contribution in [1.82, 2.24) is 5.32 Å². The number of hydrogen-bond donors (Lipinski definition) is 1. The Morgan fingerprint density at radius 3 is 2.40 bits per heavy atom. The number of benzene rings is 2. The second-order valence-corrected chi connectivity index (χ2v) is 6.62. The zero-order valence-corrected chi connectivity index (χ0v) is 12.7. The molecular formula is C18H21NS. The molecule has 1 N–H and O–H groups in total. The molecule has 104 valence electrons. The van der Waals surface area contributed by atoms with Crippen LogP contribution in [0.5, 0.6) is 0 Å². The van der Waals surface area contributed by atoms with Gasteiger partial charge in [-0.2, -0.15) is 11.8 Å². The van der Waals surface area contributed by atoms with Crippen molar-refractivity contribution in [3.63, 3.8) is 0 Å². The lowest BCUT2D eigenvalue weighted by atomic mass is 10.0. The fourth-order valence-corrected chi connectivity index (χ4v) is 3.88. The van der Waals surface area contributed by atoms with Gasteiger partial charge in [0.05, 0.1) is 0 Å². The summed E-state index contributed by atoms with van der Waals surface area (Å²) in [6, 6.07) is 20.7. The average molecular weight is 283 g/mol. The predicted octanol–water partition coefficient (Wildman–Crippen LogP) is 4.51. The Morgan fingerprint density at radius 2 is 1.65 bits per heavy atom. The molecule has 0 amide bonds. The van der Waals surface area contributed by atoms with Crippen molar-refractivity contribution in [3.8, 4) is 11.1 Å². The minimum Gasteiger partial charge on any atom is -0.307 e. The summed E-state index contributed by atoms with van der Waals surface area (Å²) in [5, 5.41) is 3.73. The van der Waals surface area contributed by atoms with Crippen molar-refractivity contribution >= 4 is 11.8 Å². The Bertz CT molecular complexity index is 535.